The molecule has 0 spiro atoms. The Kier molecular flexibility index (Phi) is 5.46. The first-order chi connectivity index (χ1) is 11.0. The van der Waals surface area contributed by atoms with Gasteiger partial charge in [0, 0.05) is 19.0 Å². The smallest absolute Gasteiger partial charge is 0.243 e. The Morgan fingerprint density at radius 2 is 1.91 bits per heavy atom. The van der Waals surface area contributed by atoms with Gasteiger partial charge in [-0.1, -0.05) is 43.3 Å². The standard InChI is InChI=1S/C16H20N4O3/c1-10(2)14(19-11(3)21)16(22)17-8-12-4-6-13(7-5-12)15-18-9-23-20-15/h4-7,9-10,14H,8H2,1-3H3,(H,17,22)(H,19,21)/t14-/m1/s1. The van der Waals surface area contributed by atoms with Crippen LogP contribution in [0.1, 0.15) is 26.3 Å². The van der Waals surface area contributed by atoms with E-state index in [0.29, 0.717) is 12.4 Å². The number of hydrogen-bond donors (Lipinski definition) is 2. The van der Waals surface area contributed by atoms with Gasteiger partial charge >= 0.3 is 0 Å². The normalized spacial score (nSPS) is 12.0. The maximum atomic E-state index is 12.2. The van der Waals surface area contributed by atoms with Crippen molar-refractivity contribution in [1.82, 2.24) is 20.8 Å². The van der Waals surface area contributed by atoms with Gasteiger partial charge in [-0.2, -0.15) is 4.98 Å². The fourth-order valence-electron chi connectivity index (χ4n) is 2.12. The summed E-state index contributed by atoms with van der Waals surface area (Å²) in [7, 11) is 0. The molecule has 122 valence electrons. The summed E-state index contributed by atoms with van der Waals surface area (Å²) in [5.41, 5.74) is 1.78. The van der Waals surface area contributed by atoms with E-state index in [0.717, 1.165) is 11.1 Å². The fraction of sp³-hybridized carbons (Fsp3) is 0.375. The van der Waals surface area contributed by atoms with E-state index in [2.05, 4.69) is 20.8 Å². The molecule has 1 heterocycles. The van der Waals surface area contributed by atoms with Crippen molar-refractivity contribution in [2.24, 2.45) is 5.92 Å². The Bertz CT molecular complexity index is 650. The maximum absolute atomic E-state index is 12.2. The van der Waals surface area contributed by atoms with Gasteiger partial charge in [-0.15, -0.1) is 0 Å². The van der Waals surface area contributed by atoms with Crippen LogP contribution in [0.4, 0.5) is 0 Å². The summed E-state index contributed by atoms with van der Waals surface area (Å²) in [6.45, 7) is 5.56. The summed E-state index contributed by atoms with van der Waals surface area (Å²) in [4.78, 5) is 27.3. The Morgan fingerprint density at radius 1 is 1.22 bits per heavy atom. The molecule has 1 aromatic heterocycles. The molecule has 2 aromatic rings. The van der Waals surface area contributed by atoms with Crippen LogP contribution in [0, 0.1) is 5.92 Å². The molecule has 2 N–H and O–H groups in total. The lowest BCUT2D eigenvalue weighted by Crippen LogP contribution is -2.48. The summed E-state index contributed by atoms with van der Waals surface area (Å²) >= 11 is 0. The van der Waals surface area contributed by atoms with Crippen molar-refractivity contribution in [3.05, 3.63) is 36.2 Å². The van der Waals surface area contributed by atoms with E-state index in [4.69, 9.17) is 4.52 Å². The minimum atomic E-state index is -0.536. The van der Waals surface area contributed by atoms with Crippen LogP contribution in [-0.4, -0.2) is 28.0 Å². The molecule has 0 saturated heterocycles. The molecule has 0 aliphatic carbocycles. The Hall–Kier alpha value is -2.70. The first-order valence-corrected chi connectivity index (χ1v) is 7.38. The highest BCUT2D eigenvalue weighted by atomic mass is 16.5. The van der Waals surface area contributed by atoms with Crippen molar-refractivity contribution in [2.75, 3.05) is 0 Å². The van der Waals surface area contributed by atoms with Gasteiger partial charge < -0.3 is 15.2 Å². The van der Waals surface area contributed by atoms with E-state index >= 15 is 0 Å². The number of nitrogens with one attached hydrogen (secondary N) is 2. The molecule has 1 aromatic carbocycles. The highest BCUT2D eigenvalue weighted by Crippen LogP contribution is 2.15. The van der Waals surface area contributed by atoms with Crippen molar-refractivity contribution >= 4 is 11.8 Å². The number of aromatic nitrogens is 2. The number of carbonyl (C=O) groups excluding carboxylic acids is 2. The van der Waals surface area contributed by atoms with Crippen LogP contribution in [0.3, 0.4) is 0 Å². The molecule has 7 nitrogen and oxygen atoms in total. The third-order valence-electron chi connectivity index (χ3n) is 3.35. The molecular weight excluding hydrogens is 296 g/mol. The van der Waals surface area contributed by atoms with Crippen molar-refractivity contribution < 1.29 is 14.1 Å². The first kappa shape index (κ1) is 16.7. The second kappa shape index (κ2) is 7.53. The van der Waals surface area contributed by atoms with Crippen LogP contribution in [0.2, 0.25) is 0 Å². The van der Waals surface area contributed by atoms with E-state index in [1.54, 1.807) is 0 Å². The fourth-order valence-corrected chi connectivity index (χ4v) is 2.12. The number of carbonyl (C=O) groups is 2. The van der Waals surface area contributed by atoms with Gasteiger partial charge in [-0.3, -0.25) is 9.59 Å². The lowest BCUT2D eigenvalue weighted by molar-refractivity contribution is -0.129. The van der Waals surface area contributed by atoms with E-state index in [1.807, 2.05) is 38.1 Å². The van der Waals surface area contributed by atoms with E-state index in [-0.39, 0.29) is 17.7 Å². The van der Waals surface area contributed by atoms with Gasteiger partial charge in [0.15, 0.2) is 0 Å². The average Bonchev–Trinajstić information content (AvgIpc) is 3.04. The highest BCUT2D eigenvalue weighted by molar-refractivity contribution is 5.87. The third kappa shape index (κ3) is 4.64. The van der Waals surface area contributed by atoms with Crippen molar-refractivity contribution in [1.29, 1.82) is 0 Å². The van der Waals surface area contributed by atoms with Crippen LogP contribution < -0.4 is 10.6 Å². The SMILES string of the molecule is CC(=O)N[C@@H](C(=O)NCc1ccc(-c2ncon2)cc1)C(C)C. The largest absolute Gasteiger partial charge is 0.350 e. The zero-order valence-electron chi connectivity index (χ0n) is 13.4. The van der Waals surface area contributed by atoms with Crippen LogP contribution in [-0.2, 0) is 16.1 Å². The molecule has 2 rings (SSSR count). The van der Waals surface area contributed by atoms with E-state index < -0.39 is 6.04 Å². The van der Waals surface area contributed by atoms with Crippen LogP contribution in [0.5, 0.6) is 0 Å². The summed E-state index contributed by atoms with van der Waals surface area (Å²) in [5, 5.41) is 9.27. The second-order valence-corrected chi connectivity index (χ2v) is 5.59. The lowest BCUT2D eigenvalue weighted by Gasteiger charge is -2.20. The molecule has 7 heteroatoms. The molecular formula is C16H20N4O3. The quantitative estimate of drug-likeness (QED) is 0.842. The minimum Gasteiger partial charge on any atom is -0.350 e. The van der Waals surface area contributed by atoms with Gasteiger partial charge in [0.25, 0.3) is 0 Å². The summed E-state index contributed by atoms with van der Waals surface area (Å²) in [6, 6.07) is 6.95. The third-order valence-corrected chi connectivity index (χ3v) is 3.35. The predicted molar refractivity (Wildman–Crippen MR) is 84.0 cm³/mol. The number of hydrogen-bond acceptors (Lipinski definition) is 5. The van der Waals surface area contributed by atoms with Gasteiger partial charge in [-0.05, 0) is 11.5 Å². The molecule has 0 saturated carbocycles. The summed E-state index contributed by atoms with van der Waals surface area (Å²) in [5.74, 6) is 0.117. The zero-order valence-corrected chi connectivity index (χ0v) is 13.4. The first-order valence-electron chi connectivity index (χ1n) is 7.38. The monoisotopic (exact) mass is 316 g/mol. The Morgan fingerprint density at radius 3 is 2.43 bits per heavy atom. The molecule has 0 aliphatic rings. The van der Waals surface area contributed by atoms with Crippen molar-refractivity contribution in [3.8, 4) is 11.4 Å². The molecule has 0 radical (unpaired) electrons. The number of rotatable bonds is 6. The highest BCUT2D eigenvalue weighted by Gasteiger charge is 2.22. The van der Waals surface area contributed by atoms with Crippen molar-refractivity contribution in [3.63, 3.8) is 0 Å². The molecule has 0 bridgehead atoms. The number of nitrogens with zero attached hydrogens (tertiary/aromatic N) is 2. The van der Waals surface area contributed by atoms with Crippen LogP contribution in [0.25, 0.3) is 11.4 Å². The molecule has 23 heavy (non-hydrogen) atoms. The predicted octanol–water partition coefficient (Wildman–Crippen LogP) is 1.51. The van der Waals surface area contributed by atoms with E-state index in [1.165, 1.54) is 13.3 Å². The molecule has 0 unspecified atom stereocenters. The molecule has 2 amide bonds. The maximum Gasteiger partial charge on any atom is 0.243 e. The molecule has 1 atom stereocenters. The number of amides is 2. The van der Waals surface area contributed by atoms with Gasteiger partial charge in [0.05, 0.1) is 0 Å². The molecule has 0 aliphatic heterocycles. The number of benzene rings is 1. The Labute approximate surface area is 134 Å². The Balaban J connectivity index is 1.94. The van der Waals surface area contributed by atoms with E-state index in [9.17, 15) is 9.59 Å². The van der Waals surface area contributed by atoms with Gasteiger partial charge in [0.2, 0.25) is 24.0 Å². The van der Waals surface area contributed by atoms with Crippen LogP contribution in [0.15, 0.2) is 35.2 Å². The van der Waals surface area contributed by atoms with Gasteiger partial charge in [-0.25, -0.2) is 0 Å². The lowest BCUT2D eigenvalue weighted by atomic mass is 10.0. The van der Waals surface area contributed by atoms with Crippen molar-refractivity contribution in [2.45, 2.75) is 33.4 Å². The zero-order chi connectivity index (χ0) is 16.8. The topological polar surface area (TPSA) is 97.1 Å². The van der Waals surface area contributed by atoms with Gasteiger partial charge in [0.1, 0.15) is 6.04 Å². The summed E-state index contributed by atoms with van der Waals surface area (Å²) < 4.78 is 4.71. The molecule has 0 fully saturated rings. The second-order valence-electron chi connectivity index (χ2n) is 5.59. The minimum absolute atomic E-state index is 0.0134. The average molecular weight is 316 g/mol. The van der Waals surface area contributed by atoms with Crippen LogP contribution >= 0.6 is 0 Å². The summed E-state index contributed by atoms with van der Waals surface area (Å²) in [6.07, 6.45) is 1.28.